The van der Waals surface area contributed by atoms with Crippen LogP contribution in [0.5, 0.6) is 0 Å². The minimum Gasteiger partial charge on any atom is -0.465 e. The van der Waals surface area contributed by atoms with E-state index in [0.29, 0.717) is 0 Å². The molecule has 0 heterocycles. The zero-order chi connectivity index (χ0) is 16.9. The van der Waals surface area contributed by atoms with Gasteiger partial charge in [-0.15, -0.1) is 0 Å². The summed E-state index contributed by atoms with van der Waals surface area (Å²) in [6.07, 6.45) is 0.0594. The minimum atomic E-state index is -3.89. The first-order valence-electron chi connectivity index (χ1n) is 7.42. The molecule has 0 fully saturated rings. The number of esters is 1. The molecule has 0 aliphatic carbocycles. The summed E-state index contributed by atoms with van der Waals surface area (Å²) in [6.45, 7) is 3.23. The van der Waals surface area contributed by atoms with Gasteiger partial charge in [0.15, 0.2) is 14.6 Å². The molecule has 2 rings (SSSR count). The van der Waals surface area contributed by atoms with Gasteiger partial charge in [-0.1, -0.05) is 48.5 Å². The van der Waals surface area contributed by atoms with Crippen LogP contribution in [-0.4, -0.2) is 25.7 Å². The van der Waals surface area contributed by atoms with E-state index < -0.39 is 20.6 Å². The number of hydrogen-bond acceptors (Lipinski definition) is 4. The molecule has 0 aromatic heterocycles. The zero-order valence-corrected chi connectivity index (χ0v) is 14.0. The summed E-state index contributed by atoms with van der Waals surface area (Å²) >= 11 is 0. The van der Waals surface area contributed by atoms with Gasteiger partial charge in [-0.05, 0) is 31.5 Å². The van der Waals surface area contributed by atoms with Crippen molar-refractivity contribution in [2.24, 2.45) is 0 Å². The van der Waals surface area contributed by atoms with Crippen LogP contribution in [-0.2, 0) is 25.8 Å². The van der Waals surface area contributed by atoms with E-state index in [1.54, 1.807) is 37.3 Å². The van der Waals surface area contributed by atoms with E-state index in [2.05, 4.69) is 0 Å². The van der Waals surface area contributed by atoms with Crippen molar-refractivity contribution in [1.82, 2.24) is 0 Å². The summed E-state index contributed by atoms with van der Waals surface area (Å²) in [5, 5.41) is 0. The van der Waals surface area contributed by atoms with Gasteiger partial charge in [0, 0.05) is 6.42 Å². The van der Waals surface area contributed by atoms with Gasteiger partial charge < -0.3 is 4.74 Å². The number of carbonyl (C=O) groups excluding carboxylic acids is 1. The lowest BCUT2D eigenvalue weighted by atomic mass is 10.0. The molecule has 2 aromatic rings. The molecule has 0 amide bonds. The summed E-state index contributed by atoms with van der Waals surface area (Å²) < 4.78 is 29.5. The molecule has 1 atom stereocenters. The largest absolute Gasteiger partial charge is 0.465 e. The van der Waals surface area contributed by atoms with E-state index in [1.165, 1.54) is 19.1 Å². The first-order valence-corrected chi connectivity index (χ1v) is 8.91. The minimum absolute atomic E-state index is 0.0594. The normalized spacial score (nSPS) is 14.0. The Morgan fingerprint density at radius 3 is 2.04 bits per heavy atom. The van der Waals surface area contributed by atoms with Crippen LogP contribution < -0.4 is 0 Å². The Kier molecular flexibility index (Phi) is 5.21. The molecule has 0 N–H and O–H groups in total. The SMILES string of the molecule is CCOC(=O)[C@](C)(Cc1ccccc1)S(=O)(=O)c1ccccc1. The second-order valence-corrected chi connectivity index (χ2v) is 7.81. The number of ether oxygens (including phenoxy) is 1. The molecule has 2 aromatic carbocycles. The molecule has 4 nitrogen and oxygen atoms in total. The van der Waals surface area contributed by atoms with Crippen molar-refractivity contribution in [2.75, 3.05) is 6.61 Å². The monoisotopic (exact) mass is 332 g/mol. The molecule has 122 valence electrons. The highest BCUT2D eigenvalue weighted by molar-refractivity contribution is 7.93. The summed E-state index contributed by atoms with van der Waals surface area (Å²) in [5.41, 5.74) is 0.766. The Morgan fingerprint density at radius 1 is 1.00 bits per heavy atom. The van der Waals surface area contributed by atoms with Gasteiger partial charge in [0.05, 0.1) is 11.5 Å². The van der Waals surface area contributed by atoms with Gasteiger partial charge in [0.2, 0.25) is 0 Å². The molecular weight excluding hydrogens is 312 g/mol. The molecule has 0 aliphatic rings. The second kappa shape index (κ2) is 6.96. The third kappa shape index (κ3) is 3.45. The predicted molar refractivity (Wildman–Crippen MR) is 88.8 cm³/mol. The summed E-state index contributed by atoms with van der Waals surface area (Å²) in [6, 6.07) is 17.1. The van der Waals surface area contributed by atoms with Gasteiger partial charge >= 0.3 is 5.97 Å². The van der Waals surface area contributed by atoms with Gasteiger partial charge in [-0.25, -0.2) is 8.42 Å². The number of rotatable bonds is 6. The Morgan fingerprint density at radius 2 is 1.52 bits per heavy atom. The first-order chi connectivity index (χ1) is 10.9. The van der Waals surface area contributed by atoms with E-state index in [0.717, 1.165) is 5.56 Å². The summed E-state index contributed by atoms with van der Waals surface area (Å²) in [7, 11) is -3.89. The van der Waals surface area contributed by atoms with Crippen LogP contribution in [0.15, 0.2) is 65.6 Å². The molecular formula is C18H20O4S. The Hall–Kier alpha value is -2.14. The Balaban J connectivity index is 2.51. The highest BCUT2D eigenvalue weighted by atomic mass is 32.2. The van der Waals surface area contributed by atoms with Crippen molar-refractivity contribution in [3.63, 3.8) is 0 Å². The van der Waals surface area contributed by atoms with E-state index >= 15 is 0 Å². The maximum atomic E-state index is 13.1. The Bertz CT molecular complexity index is 754. The number of sulfone groups is 1. The standard InChI is InChI=1S/C18H20O4S/c1-3-22-17(19)18(2,14-15-10-6-4-7-11-15)23(20,21)16-12-8-5-9-13-16/h4-13H,3,14H2,1-2H3/t18-/m0/s1. The van der Waals surface area contributed by atoms with Gasteiger partial charge in [-0.3, -0.25) is 4.79 Å². The van der Waals surface area contributed by atoms with Crippen LogP contribution >= 0.6 is 0 Å². The number of benzene rings is 2. The van der Waals surface area contributed by atoms with Crippen molar-refractivity contribution in [1.29, 1.82) is 0 Å². The summed E-state index contributed by atoms with van der Waals surface area (Å²) in [5.74, 6) is -0.729. The van der Waals surface area contributed by atoms with E-state index in [-0.39, 0.29) is 17.9 Å². The maximum Gasteiger partial charge on any atom is 0.327 e. The van der Waals surface area contributed by atoms with E-state index in [9.17, 15) is 13.2 Å². The molecule has 0 radical (unpaired) electrons. The lowest BCUT2D eigenvalue weighted by molar-refractivity contribution is -0.145. The number of hydrogen-bond donors (Lipinski definition) is 0. The second-order valence-electron chi connectivity index (χ2n) is 5.43. The molecule has 0 saturated carbocycles. The lowest BCUT2D eigenvalue weighted by Gasteiger charge is -2.27. The van der Waals surface area contributed by atoms with Crippen LogP contribution in [0, 0.1) is 0 Å². The van der Waals surface area contributed by atoms with Gasteiger partial charge in [0.1, 0.15) is 0 Å². The van der Waals surface area contributed by atoms with Gasteiger partial charge in [0.25, 0.3) is 0 Å². The van der Waals surface area contributed by atoms with Crippen molar-refractivity contribution >= 4 is 15.8 Å². The fourth-order valence-electron chi connectivity index (χ4n) is 2.41. The average Bonchev–Trinajstić information content (AvgIpc) is 2.56. The van der Waals surface area contributed by atoms with Crippen molar-refractivity contribution < 1.29 is 17.9 Å². The van der Waals surface area contributed by atoms with Crippen LogP contribution in [0.3, 0.4) is 0 Å². The third-order valence-corrected chi connectivity index (χ3v) is 6.13. The quantitative estimate of drug-likeness (QED) is 0.763. The van der Waals surface area contributed by atoms with Crippen molar-refractivity contribution in [3.05, 3.63) is 66.2 Å². The predicted octanol–water partition coefficient (Wildman–Crippen LogP) is 3.02. The number of carbonyl (C=O) groups is 1. The first kappa shape index (κ1) is 17.2. The average molecular weight is 332 g/mol. The van der Waals surface area contributed by atoms with Crippen molar-refractivity contribution in [2.45, 2.75) is 29.9 Å². The van der Waals surface area contributed by atoms with Crippen LogP contribution in [0.25, 0.3) is 0 Å². The third-order valence-electron chi connectivity index (χ3n) is 3.74. The van der Waals surface area contributed by atoms with E-state index in [1.807, 2.05) is 18.2 Å². The fourth-order valence-corrected chi connectivity index (χ4v) is 4.08. The molecule has 0 bridgehead atoms. The molecule has 0 aliphatic heterocycles. The van der Waals surface area contributed by atoms with E-state index in [4.69, 9.17) is 4.74 Å². The maximum absolute atomic E-state index is 13.1. The lowest BCUT2D eigenvalue weighted by Crippen LogP contribution is -2.46. The molecule has 0 saturated heterocycles. The highest BCUT2D eigenvalue weighted by Crippen LogP contribution is 2.30. The van der Waals surface area contributed by atoms with Crippen LogP contribution in [0.1, 0.15) is 19.4 Å². The topological polar surface area (TPSA) is 60.4 Å². The van der Waals surface area contributed by atoms with Crippen LogP contribution in [0.2, 0.25) is 0 Å². The molecule has 0 spiro atoms. The molecule has 5 heteroatoms. The Labute approximate surface area is 137 Å². The zero-order valence-electron chi connectivity index (χ0n) is 13.2. The van der Waals surface area contributed by atoms with Gasteiger partial charge in [-0.2, -0.15) is 0 Å². The molecule has 23 heavy (non-hydrogen) atoms. The smallest absolute Gasteiger partial charge is 0.327 e. The molecule has 0 unspecified atom stereocenters. The van der Waals surface area contributed by atoms with Crippen LogP contribution in [0.4, 0.5) is 0 Å². The summed E-state index contributed by atoms with van der Waals surface area (Å²) in [4.78, 5) is 12.6. The highest BCUT2D eigenvalue weighted by Gasteiger charge is 2.48. The fraction of sp³-hybridized carbons (Fsp3) is 0.278. The van der Waals surface area contributed by atoms with Crippen molar-refractivity contribution in [3.8, 4) is 0 Å².